The zero-order valence-corrected chi connectivity index (χ0v) is 25.8. The summed E-state index contributed by atoms with van der Waals surface area (Å²) in [6.07, 6.45) is 5.25. The molecule has 1 amide bonds. The minimum atomic E-state index is -1.23. The first kappa shape index (κ1) is 36.3. The van der Waals surface area contributed by atoms with Gasteiger partial charge in [0.2, 0.25) is 5.78 Å². The Bertz CT molecular complexity index is 1370. The van der Waals surface area contributed by atoms with Gasteiger partial charge in [-0.1, -0.05) is 24.8 Å². The molecule has 12 heteroatoms. The predicted octanol–water partition coefficient (Wildman–Crippen LogP) is 3.82. The van der Waals surface area contributed by atoms with Crippen molar-refractivity contribution < 1.29 is 53.5 Å². The van der Waals surface area contributed by atoms with Crippen LogP contribution in [0.2, 0.25) is 0 Å². The molecule has 1 saturated heterocycles. The number of carbonyl (C=O) groups excluding carboxylic acids is 3. The van der Waals surface area contributed by atoms with Crippen LogP contribution >= 0.6 is 0 Å². The third-order valence-electron chi connectivity index (χ3n) is 7.03. The largest absolute Gasteiger partial charge is 0.504 e. The van der Waals surface area contributed by atoms with Gasteiger partial charge in [0.05, 0.1) is 12.5 Å². The van der Waals surface area contributed by atoms with Crippen LogP contribution in [0.25, 0.3) is 0 Å². The summed E-state index contributed by atoms with van der Waals surface area (Å²) in [6.45, 7) is 5.83. The molecule has 2 aromatic carbocycles. The van der Waals surface area contributed by atoms with Crippen LogP contribution < -0.4 is 9.47 Å². The van der Waals surface area contributed by atoms with Crippen molar-refractivity contribution in [3.63, 3.8) is 0 Å². The number of methoxy groups -OCH3 is 1. The lowest BCUT2D eigenvalue weighted by atomic mass is 9.87. The van der Waals surface area contributed by atoms with Crippen molar-refractivity contribution in [2.45, 2.75) is 58.4 Å². The lowest BCUT2D eigenvalue weighted by Gasteiger charge is -2.34. The third kappa shape index (κ3) is 11.6. The smallest absolute Gasteiger partial charge is 0.341 e. The molecule has 0 spiro atoms. The number of phenols is 1. The zero-order chi connectivity index (χ0) is 33.6. The Labute approximate surface area is 262 Å². The SMILES string of the molecule is C=CC(=O)OCC(C)(C)C(=O)C(=O)N1CCCCC1C(=O)O.COc1ccc(CCCc2cccc(OCC(=O)O)c2)cc1O. The Hall–Kier alpha value is -4.87. The van der Waals surface area contributed by atoms with Crippen molar-refractivity contribution in [1.29, 1.82) is 0 Å². The van der Waals surface area contributed by atoms with Crippen molar-refractivity contribution >= 4 is 29.6 Å². The topological polar surface area (TPSA) is 177 Å². The van der Waals surface area contributed by atoms with Gasteiger partial charge < -0.3 is 34.4 Å². The number of piperidine rings is 1. The van der Waals surface area contributed by atoms with Gasteiger partial charge in [-0.25, -0.2) is 14.4 Å². The molecule has 0 bridgehead atoms. The number of carboxylic acids is 2. The van der Waals surface area contributed by atoms with Crippen LogP contribution in [0.5, 0.6) is 17.2 Å². The van der Waals surface area contributed by atoms with Gasteiger partial charge in [0.15, 0.2) is 18.1 Å². The quantitative estimate of drug-likeness (QED) is 0.158. The molecule has 1 heterocycles. The van der Waals surface area contributed by atoms with Crippen molar-refractivity contribution in [3.05, 3.63) is 66.2 Å². The van der Waals surface area contributed by atoms with E-state index < -0.39 is 41.1 Å². The number of carbonyl (C=O) groups is 5. The lowest BCUT2D eigenvalue weighted by Crippen LogP contribution is -2.53. The van der Waals surface area contributed by atoms with E-state index in [4.69, 9.17) is 24.4 Å². The summed E-state index contributed by atoms with van der Waals surface area (Å²) < 4.78 is 15.0. The number of carboxylic acid groups (broad SMARTS) is 2. The number of Topliss-reactive ketones (excluding diaryl/α,β-unsaturated/α-hetero) is 1. The van der Waals surface area contributed by atoms with Crippen LogP contribution in [-0.4, -0.2) is 82.7 Å². The van der Waals surface area contributed by atoms with Crippen LogP contribution in [0.3, 0.4) is 0 Å². The number of rotatable bonds is 14. The summed E-state index contributed by atoms with van der Waals surface area (Å²) in [5, 5.41) is 27.5. The second kappa shape index (κ2) is 17.4. The number of hydrogen-bond donors (Lipinski definition) is 3. The van der Waals surface area contributed by atoms with Crippen molar-refractivity contribution in [1.82, 2.24) is 4.90 Å². The number of aromatic hydroxyl groups is 1. The van der Waals surface area contributed by atoms with Crippen LogP contribution in [0.1, 0.15) is 50.7 Å². The fraction of sp³-hybridized carbons (Fsp3) is 0.424. The van der Waals surface area contributed by atoms with Gasteiger partial charge in [0, 0.05) is 12.6 Å². The van der Waals surface area contributed by atoms with E-state index in [1.165, 1.54) is 21.0 Å². The minimum absolute atomic E-state index is 0.147. The first-order chi connectivity index (χ1) is 21.3. The fourth-order valence-corrected chi connectivity index (χ4v) is 4.55. The standard InChI is InChI=1S/C18H20O5.C15H21NO6/c1-22-17-9-8-14(11-16(17)19)5-2-4-13-6-3-7-15(10-13)23-12-18(20)21;1-4-11(17)22-9-15(2,3)12(18)13(19)16-8-6-5-7-10(16)14(20)21/h3,6-11,19H,2,4-5,12H2,1H3,(H,20,21);4,10H,1,5-9H2,2-3H3,(H,20,21). The Morgan fingerprint density at radius 2 is 1.71 bits per heavy atom. The average Bonchev–Trinajstić information content (AvgIpc) is 3.02. The predicted molar refractivity (Wildman–Crippen MR) is 163 cm³/mol. The van der Waals surface area contributed by atoms with E-state index in [-0.39, 0.29) is 25.5 Å². The van der Waals surface area contributed by atoms with Gasteiger partial charge in [0.1, 0.15) is 18.4 Å². The minimum Gasteiger partial charge on any atom is -0.504 e. The number of aryl methyl sites for hydroxylation is 2. The highest BCUT2D eigenvalue weighted by molar-refractivity contribution is 6.38. The molecule has 12 nitrogen and oxygen atoms in total. The molecule has 2 aromatic rings. The molecule has 244 valence electrons. The highest BCUT2D eigenvalue weighted by Crippen LogP contribution is 2.27. The maximum Gasteiger partial charge on any atom is 0.341 e. The van der Waals surface area contributed by atoms with Gasteiger partial charge in [-0.05, 0) is 87.8 Å². The Kier molecular flexibility index (Phi) is 14.1. The number of phenolic OH excluding ortho intramolecular Hbond substituents is 1. The number of aliphatic carboxylic acids is 2. The van der Waals surface area contributed by atoms with Gasteiger partial charge in [-0.3, -0.25) is 9.59 Å². The van der Waals surface area contributed by atoms with Gasteiger partial charge in [0.25, 0.3) is 5.91 Å². The molecular formula is C33H41NO11. The van der Waals surface area contributed by atoms with E-state index in [2.05, 4.69) is 6.58 Å². The van der Waals surface area contributed by atoms with E-state index in [1.807, 2.05) is 24.3 Å². The van der Waals surface area contributed by atoms with Crippen LogP contribution in [-0.2, 0) is 41.6 Å². The Morgan fingerprint density at radius 3 is 2.31 bits per heavy atom. The molecule has 3 N–H and O–H groups in total. The maximum absolute atomic E-state index is 12.3. The molecule has 0 radical (unpaired) electrons. The Balaban J connectivity index is 0.000000314. The fourth-order valence-electron chi connectivity index (χ4n) is 4.55. The molecule has 1 aliphatic heterocycles. The number of ketones is 1. The molecular weight excluding hydrogens is 586 g/mol. The Morgan fingerprint density at radius 1 is 1.02 bits per heavy atom. The van der Waals surface area contributed by atoms with Crippen molar-refractivity contribution in [2.24, 2.45) is 5.41 Å². The zero-order valence-electron chi connectivity index (χ0n) is 25.8. The van der Waals surface area contributed by atoms with Gasteiger partial charge in [-0.15, -0.1) is 0 Å². The van der Waals surface area contributed by atoms with Gasteiger partial charge in [-0.2, -0.15) is 0 Å². The highest BCUT2D eigenvalue weighted by atomic mass is 16.5. The molecule has 0 saturated carbocycles. The summed E-state index contributed by atoms with van der Waals surface area (Å²) >= 11 is 0. The molecule has 1 atom stereocenters. The van der Waals surface area contributed by atoms with Crippen molar-refractivity contribution in [3.8, 4) is 17.2 Å². The van der Waals surface area contributed by atoms with E-state index in [0.717, 1.165) is 41.4 Å². The first-order valence-corrected chi connectivity index (χ1v) is 14.5. The third-order valence-corrected chi connectivity index (χ3v) is 7.03. The van der Waals surface area contributed by atoms with E-state index in [1.54, 1.807) is 18.2 Å². The number of hydrogen-bond acceptors (Lipinski definition) is 9. The van der Waals surface area contributed by atoms with Crippen molar-refractivity contribution in [2.75, 3.05) is 26.9 Å². The summed E-state index contributed by atoms with van der Waals surface area (Å²) in [6, 6.07) is 11.9. The van der Waals surface area contributed by atoms with E-state index in [9.17, 15) is 29.1 Å². The van der Waals surface area contributed by atoms with Crippen LogP contribution in [0.15, 0.2) is 55.1 Å². The summed E-state index contributed by atoms with van der Waals surface area (Å²) in [5.41, 5.74) is 0.906. The number of nitrogens with zero attached hydrogens (tertiary/aromatic N) is 1. The summed E-state index contributed by atoms with van der Waals surface area (Å²) in [4.78, 5) is 58.5. The molecule has 0 aromatic heterocycles. The summed E-state index contributed by atoms with van der Waals surface area (Å²) in [5.74, 6) is -3.22. The number of likely N-dealkylation sites (tertiary alicyclic amines) is 1. The highest BCUT2D eigenvalue weighted by Gasteiger charge is 2.41. The maximum atomic E-state index is 12.3. The lowest BCUT2D eigenvalue weighted by molar-refractivity contribution is -0.159. The number of esters is 1. The second-order valence-corrected chi connectivity index (χ2v) is 11.1. The monoisotopic (exact) mass is 627 g/mol. The van der Waals surface area contributed by atoms with Crippen LogP contribution in [0, 0.1) is 5.41 Å². The van der Waals surface area contributed by atoms with E-state index in [0.29, 0.717) is 30.8 Å². The number of ether oxygens (including phenoxy) is 3. The summed E-state index contributed by atoms with van der Waals surface area (Å²) in [7, 11) is 1.52. The first-order valence-electron chi connectivity index (χ1n) is 14.5. The molecule has 1 fully saturated rings. The molecule has 0 aliphatic carbocycles. The average molecular weight is 628 g/mol. The number of benzene rings is 2. The van der Waals surface area contributed by atoms with Crippen LogP contribution in [0.4, 0.5) is 0 Å². The number of amides is 1. The second-order valence-electron chi connectivity index (χ2n) is 11.1. The normalized spacial score (nSPS) is 14.3. The molecule has 1 unspecified atom stereocenters. The molecule has 3 rings (SSSR count). The molecule has 45 heavy (non-hydrogen) atoms. The van der Waals surface area contributed by atoms with Gasteiger partial charge >= 0.3 is 17.9 Å². The molecule has 1 aliphatic rings. The van der Waals surface area contributed by atoms with E-state index >= 15 is 0 Å².